The molecule has 0 bridgehead atoms. The van der Waals surface area contributed by atoms with Crippen molar-refractivity contribution >= 4 is 53.7 Å². The summed E-state index contributed by atoms with van der Waals surface area (Å²) >= 11 is 7.01. The molecule has 1 amide bonds. The quantitative estimate of drug-likeness (QED) is 0.780. The fourth-order valence-electron chi connectivity index (χ4n) is 1.53. The maximum atomic E-state index is 11.7. The Morgan fingerprint density at radius 2 is 2.18 bits per heavy atom. The maximum absolute atomic E-state index is 11.7. The van der Waals surface area contributed by atoms with Gasteiger partial charge in [-0.3, -0.25) is 9.69 Å². The monoisotopic (exact) mass is 314 g/mol. The molecule has 1 aliphatic heterocycles. The Morgan fingerprint density at radius 3 is 2.59 bits per heavy atom. The minimum absolute atomic E-state index is 0.0357. The first-order valence-corrected chi connectivity index (χ1v) is 8.22. The summed E-state index contributed by atoms with van der Waals surface area (Å²) in [5.74, 6) is -0.301. The zero-order valence-electron chi connectivity index (χ0n) is 8.68. The van der Waals surface area contributed by atoms with Gasteiger partial charge in [0.05, 0.1) is 5.69 Å². The second kappa shape index (κ2) is 4.38. The molecular formula is C8H8Cl2N2O3S2. The number of halogens is 2. The molecular weight excluding hydrogens is 307 g/mol. The van der Waals surface area contributed by atoms with Crippen molar-refractivity contribution in [2.45, 2.75) is 18.6 Å². The molecule has 0 radical (unpaired) electrons. The van der Waals surface area contributed by atoms with Crippen molar-refractivity contribution in [3.63, 3.8) is 0 Å². The van der Waals surface area contributed by atoms with Gasteiger partial charge in [-0.05, 0) is 6.92 Å². The summed E-state index contributed by atoms with van der Waals surface area (Å²) in [4.78, 5) is 17.1. The Morgan fingerprint density at radius 1 is 1.53 bits per heavy atom. The number of hydrogen-bond acceptors (Lipinski definition) is 5. The molecule has 0 aliphatic carbocycles. The Balaban J connectivity index is 2.27. The van der Waals surface area contributed by atoms with E-state index < -0.39 is 14.3 Å². The Hall–Kier alpha value is -0.370. The van der Waals surface area contributed by atoms with Gasteiger partial charge in [-0.2, -0.15) is 0 Å². The molecule has 1 aliphatic rings. The van der Waals surface area contributed by atoms with Crippen LogP contribution in [0.3, 0.4) is 0 Å². The van der Waals surface area contributed by atoms with E-state index in [0.717, 1.165) is 11.3 Å². The summed E-state index contributed by atoms with van der Waals surface area (Å²) in [6.07, 6.45) is -0.109. The molecule has 94 valence electrons. The second-order valence-corrected chi connectivity index (χ2v) is 8.15. The number of anilines is 1. The number of hydrogen-bond donors (Lipinski definition) is 0. The maximum Gasteiger partial charge on any atom is 0.237 e. The molecule has 1 aromatic rings. The van der Waals surface area contributed by atoms with Gasteiger partial charge in [0.1, 0.15) is 9.59 Å². The summed E-state index contributed by atoms with van der Waals surface area (Å²) in [6.45, 7) is 1.76. The lowest BCUT2D eigenvalue weighted by Gasteiger charge is -2.11. The van der Waals surface area contributed by atoms with Crippen molar-refractivity contribution < 1.29 is 13.2 Å². The summed E-state index contributed by atoms with van der Waals surface area (Å²) in [6, 6.07) is 0. The van der Waals surface area contributed by atoms with Gasteiger partial charge in [0.15, 0.2) is 5.13 Å². The van der Waals surface area contributed by atoms with E-state index >= 15 is 0 Å². The number of nitrogens with zero attached hydrogens (tertiary/aromatic N) is 2. The van der Waals surface area contributed by atoms with E-state index in [1.165, 1.54) is 4.90 Å². The summed E-state index contributed by atoms with van der Waals surface area (Å²) in [5.41, 5.74) is 0.622. The molecule has 1 atom stereocenters. The van der Waals surface area contributed by atoms with Crippen molar-refractivity contribution in [1.29, 1.82) is 0 Å². The number of thiazole rings is 1. The van der Waals surface area contributed by atoms with E-state index in [-0.39, 0.29) is 18.9 Å². The first kappa shape index (κ1) is 13.1. The number of rotatable bonds is 2. The average Bonchev–Trinajstić information content (AvgIpc) is 2.71. The summed E-state index contributed by atoms with van der Waals surface area (Å²) in [7, 11) is 1.52. The molecule has 9 heteroatoms. The summed E-state index contributed by atoms with van der Waals surface area (Å²) in [5, 5.41) is -0.458. The van der Waals surface area contributed by atoms with Crippen molar-refractivity contribution in [2.24, 2.45) is 0 Å². The molecule has 0 N–H and O–H groups in total. The number of carbonyl (C=O) groups is 1. The lowest BCUT2D eigenvalue weighted by molar-refractivity contribution is -0.117. The van der Waals surface area contributed by atoms with Gasteiger partial charge in [-0.15, -0.1) is 0 Å². The van der Waals surface area contributed by atoms with E-state index in [4.69, 9.17) is 22.3 Å². The van der Waals surface area contributed by atoms with E-state index in [0.29, 0.717) is 15.2 Å². The lowest BCUT2D eigenvalue weighted by Crippen LogP contribution is -2.26. The molecule has 17 heavy (non-hydrogen) atoms. The molecule has 2 rings (SSSR count). The van der Waals surface area contributed by atoms with Crippen molar-refractivity contribution in [1.82, 2.24) is 4.98 Å². The van der Waals surface area contributed by atoms with Gasteiger partial charge >= 0.3 is 0 Å². The SMILES string of the molecule is Cc1nc(N2CC(S(=O)(=O)Cl)CC2=O)sc1Cl. The van der Waals surface area contributed by atoms with Crippen LogP contribution in [0.25, 0.3) is 0 Å². The van der Waals surface area contributed by atoms with Crippen molar-refractivity contribution in [2.75, 3.05) is 11.4 Å². The topological polar surface area (TPSA) is 67.3 Å². The number of amides is 1. The van der Waals surface area contributed by atoms with Crippen LogP contribution in [-0.4, -0.2) is 31.1 Å². The molecule has 1 fully saturated rings. The summed E-state index contributed by atoms with van der Waals surface area (Å²) < 4.78 is 22.8. The average molecular weight is 315 g/mol. The highest BCUT2D eigenvalue weighted by atomic mass is 35.7. The third-order valence-corrected chi connectivity index (χ3v) is 5.79. The molecule has 0 saturated carbocycles. The third-order valence-electron chi connectivity index (χ3n) is 2.45. The third kappa shape index (κ3) is 2.57. The van der Waals surface area contributed by atoms with Gasteiger partial charge in [0.2, 0.25) is 15.0 Å². The smallest absolute Gasteiger partial charge is 0.237 e. The largest absolute Gasteiger partial charge is 0.287 e. The first-order chi connectivity index (χ1) is 7.79. The van der Waals surface area contributed by atoms with Crippen LogP contribution >= 0.6 is 33.6 Å². The lowest BCUT2D eigenvalue weighted by atomic mass is 10.4. The van der Waals surface area contributed by atoms with Crippen molar-refractivity contribution in [3.05, 3.63) is 10.0 Å². The fraction of sp³-hybridized carbons (Fsp3) is 0.500. The van der Waals surface area contributed by atoms with Gasteiger partial charge in [0.25, 0.3) is 0 Å². The van der Waals surface area contributed by atoms with Gasteiger partial charge < -0.3 is 0 Å². The predicted molar refractivity (Wildman–Crippen MR) is 67.4 cm³/mol. The molecule has 1 aromatic heterocycles. The van der Waals surface area contributed by atoms with Crippen LogP contribution in [0, 0.1) is 6.92 Å². The normalized spacial score (nSPS) is 21.2. The van der Waals surface area contributed by atoms with Crippen LogP contribution in [-0.2, 0) is 13.8 Å². The molecule has 2 heterocycles. The van der Waals surface area contributed by atoms with Crippen LogP contribution in [0.4, 0.5) is 5.13 Å². The van der Waals surface area contributed by atoms with E-state index in [1.807, 2.05) is 0 Å². The zero-order valence-corrected chi connectivity index (χ0v) is 11.8. The second-order valence-electron chi connectivity index (χ2n) is 3.66. The number of carbonyl (C=O) groups excluding carboxylic acids is 1. The standard InChI is InChI=1S/C8H8Cl2N2O3S2/c1-4-7(9)16-8(11-4)12-3-5(2-6(12)13)17(10,14)15/h5H,2-3H2,1H3. The molecule has 5 nitrogen and oxygen atoms in total. The number of aromatic nitrogens is 1. The molecule has 1 unspecified atom stereocenters. The predicted octanol–water partition coefficient (Wildman–Crippen LogP) is 1.78. The van der Waals surface area contributed by atoms with Crippen molar-refractivity contribution in [3.8, 4) is 0 Å². The van der Waals surface area contributed by atoms with Gasteiger partial charge in [-0.25, -0.2) is 13.4 Å². The minimum atomic E-state index is -3.73. The number of aryl methyl sites for hydroxylation is 1. The van der Waals surface area contributed by atoms with Crippen LogP contribution in [0.15, 0.2) is 0 Å². The molecule has 0 spiro atoms. The van der Waals surface area contributed by atoms with Crippen LogP contribution in [0.2, 0.25) is 4.34 Å². The van der Waals surface area contributed by atoms with E-state index in [2.05, 4.69) is 4.98 Å². The van der Waals surface area contributed by atoms with E-state index in [1.54, 1.807) is 6.92 Å². The highest BCUT2D eigenvalue weighted by molar-refractivity contribution is 8.14. The Labute approximate surface area is 112 Å². The zero-order chi connectivity index (χ0) is 12.8. The van der Waals surface area contributed by atoms with E-state index in [9.17, 15) is 13.2 Å². The molecule has 1 saturated heterocycles. The van der Waals surface area contributed by atoms with Crippen LogP contribution in [0.1, 0.15) is 12.1 Å². The van der Waals surface area contributed by atoms with Crippen LogP contribution < -0.4 is 4.90 Å². The fourth-order valence-corrected chi connectivity index (χ4v) is 3.63. The molecule has 0 aromatic carbocycles. The highest BCUT2D eigenvalue weighted by Gasteiger charge is 2.39. The van der Waals surface area contributed by atoms with Gasteiger partial charge in [-0.1, -0.05) is 22.9 Å². The Bertz CT molecular complexity index is 550. The minimum Gasteiger partial charge on any atom is -0.287 e. The highest BCUT2D eigenvalue weighted by Crippen LogP contribution is 2.33. The van der Waals surface area contributed by atoms with Gasteiger partial charge in [0, 0.05) is 23.6 Å². The van der Waals surface area contributed by atoms with Crippen LogP contribution in [0.5, 0.6) is 0 Å². The Kier molecular flexibility index (Phi) is 3.37. The first-order valence-electron chi connectivity index (χ1n) is 4.66.